The summed E-state index contributed by atoms with van der Waals surface area (Å²) in [6.45, 7) is 0.632. The van der Waals surface area contributed by atoms with Crippen molar-refractivity contribution in [1.29, 1.82) is 0 Å². The van der Waals surface area contributed by atoms with Gasteiger partial charge in [-0.1, -0.05) is 12.8 Å². The van der Waals surface area contributed by atoms with Crippen LogP contribution >= 0.6 is 0 Å². The minimum Gasteiger partial charge on any atom is -0.380 e. The Hall–Kier alpha value is -2.02. The smallest absolute Gasteiger partial charge is 0.223 e. The van der Waals surface area contributed by atoms with E-state index in [2.05, 4.69) is 15.2 Å². The monoisotopic (exact) mass is 329 g/mol. The minimum atomic E-state index is -0.0822. The number of carbonyl (C=O) groups is 1. The molecule has 0 unspecified atom stereocenters. The minimum absolute atomic E-state index is 0.0525. The zero-order valence-corrected chi connectivity index (χ0v) is 14.0. The summed E-state index contributed by atoms with van der Waals surface area (Å²) >= 11 is 0. The number of hydrogen-bond donors (Lipinski definition) is 0. The molecule has 1 aliphatic heterocycles. The van der Waals surface area contributed by atoms with Crippen LogP contribution in [0.4, 0.5) is 0 Å². The summed E-state index contributed by atoms with van der Waals surface area (Å²) < 4.78 is 7.46. The third kappa shape index (κ3) is 2.77. The molecule has 1 saturated heterocycles. The lowest BCUT2D eigenvalue weighted by Gasteiger charge is -2.24. The normalized spacial score (nSPS) is 25.0. The van der Waals surface area contributed by atoms with Crippen molar-refractivity contribution in [1.82, 2.24) is 24.5 Å². The Labute approximate surface area is 141 Å². The molecule has 4 rings (SSSR count). The molecule has 0 spiro atoms. The molecule has 0 aromatic carbocycles. The second-order valence-electron chi connectivity index (χ2n) is 6.87. The molecule has 3 heterocycles. The fourth-order valence-corrected chi connectivity index (χ4v) is 4.07. The highest BCUT2D eigenvalue weighted by atomic mass is 16.5. The number of aromatic nitrogens is 4. The van der Waals surface area contributed by atoms with Crippen molar-refractivity contribution in [2.24, 2.45) is 5.92 Å². The second-order valence-corrected chi connectivity index (χ2v) is 6.87. The Morgan fingerprint density at radius 3 is 2.96 bits per heavy atom. The van der Waals surface area contributed by atoms with Gasteiger partial charge in [-0.2, -0.15) is 0 Å². The largest absolute Gasteiger partial charge is 0.380 e. The van der Waals surface area contributed by atoms with E-state index in [-0.39, 0.29) is 18.1 Å². The Kier molecular flexibility index (Phi) is 4.18. The molecule has 1 aliphatic carbocycles. The molecule has 0 radical (unpaired) electrons. The summed E-state index contributed by atoms with van der Waals surface area (Å²) in [6, 6.07) is -0.0822. The van der Waals surface area contributed by atoms with Crippen LogP contribution in [0.15, 0.2) is 18.6 Å². The first kappa shape index (κ1) is 15.5. The zero-order valence-electron chi connectivity index (χ0n) is 14.0. The fraction of sp³-hybridized carbons (Fsp3) is 0.647. The Morgan fingerprint density at radius 2 is 2.17 bits per heavy atom. The van der Waals surface area contributed by atoms with Crippen molar-refractivity contribution >= 4 is 11.6 Å². The SMILES string of the molecule is CO[C@@H]1C[C@@H](c2nnc3cnccn23)N(C(=O)CC2CCCC2)C1. The van der Waals surface area contributed by atoms with E-state index < -0.39 is 0 Å². The van der Waals surface area contributed by atoms with E-state index in [0.717, 1.165) is 12.2 Å². The second kappa shape index (κ2) is 6.47. The van der Waals surface area contributed by atoms with E-state index in [1.807, 2.05) is 15.5 Å². The van der Waals surface area contributed by atoms with Gasteiger partial charge in [-0.05, 0) is 18.8 Å². The van der Waals surface area contributed by atoms with Crippen LogP contribution in [0, 0.1) is 5.92 Å². The van der Waals surface area contributed by atoms with Gasteiger partial charge in [0, 0.05) is 38.9 Å². The Bertz CT molecular complexity index is 725. The Balaban J connectivity index is 1.60. The number of hydrogen-bond acceptors (Lipinski definition) is 5. The molecule has 7 heteroatoms. The summed E-state index contributed by atoms with van der Waals surface area (Å²) in [7, 11) is 1.71. The summed E-state index contributed by atoms with van der Waals surface area (Å²) in [4.78, 5) is 18.9. The lowest BCUT2D eigenvalue weighted by Crippen LogP contribution is -2.33. The molecule has 7 nitrogen and oxygen atoms in total. The number of likely N-dealkylation sites (tertiary alicyclic amines) is 1. The van der Waals surface area contributed by atoms with E-state index in [0.29, 0.717) is 24.5 Å². The van der Waals surface area contributed by atoms with Crippen LogP contribution in [-0.2, 0) is 9.53 Å². The average Bonchev–Trinajstić information content (AvgIpc) is 3.33. The molecular formula is C17H23N5O2. The van der Waals surface area contributed by atoms with Crippen molar-refractivity contribution in [2.75, 3.05) is 13.7 Å². The summed E-state index contributed by atoms with van der Waals surface area (Å²) in [5.74, 6) is 1.56. The first-order chi connectivity index (χ1) is 11.8. The van der Waals surface area contributed by atoms with Crippen LogP contribution in [0.1, 0.15) is 50.4 Å². The molecule has 1 saturated carbocycles. The van der Waals surface area contributed by atoms with Crippen molar-refractivity contribution < 1.29 is 9.53 Å². The Morgan fingerprint density at radius 1 is 1.33 bits per heavy atom. The number of rotatable bonds is 4. The molecule has 24 heavy (non-hydrogen) atoms. The van der Waals surface area contributed by atoms with Gasteiger partial charge in [-0.15, -0.1) is 10.2 Å². The molecule has 0 bridgehead atoms. The quantitative estimate of drug-likeness (QED) is 0.858. The molecule has 1 amide bonds. The zero-order chi connectivity index (χ0) is 16.5. The number of carbonyl (C=O) groups excluding carboxylic acids is 1. The van der Waals surface area contributed by atoms with Gasteiger partial charge in [-0.25, -0.2) is 0 Å². The number of fused-ring (bicyclic) bond motifs is 1. The third-order valence-electron chi connectivity index (χ3n) is 5.39. The highest BCUT2D eigenvalue weighted by molar-refractivity contribution is 5.77. The van der Waals surface area contributed by atoms with Crippen LogP contribution < -0.4 is 0 Å². The predicted molar refractivity (Wildman–Crippen MR) is 87.2 cm³/mol. The van der Waals surface area contributed by atoms with Crippen molar-refractivity contribution in [2.45, 2.75) is 50.7 Å². The lowest BCUT2D eigenvalue weighted by molar-refractivity contribution is -0.133. The topological polar surface area (TPSA) is 72.6 Å². The maximum Gasteiger partial charge on any atom is 0.223 e. The van der Waals surface area contributed by atoms with Crippen LogP contribution in [-0.4, -0.2) is 50.1 Å². The van der Waals surface area contributed by atoms with Crippen LogP contribution in [0.25, 0.3) is 5.65 Å². The van der Waals surface area contributed by atoms with Gasteiger partial charge >= 0.3 is 0 Å². The van der Waals surface area contributed by atoms with E-state index in [9.17, 15) is 4.79 Å². The molecule has 128 valence electrons. The molecular weight excluding hydrogens is 306 g/mol. The molecule has 2 aliphatic rings. The number of ether oxygens (including phenoxy) is 1. The fourth-order valence-electron chi connectivity index (χ4n) is 4.07. The van der Waals surface area contributed by atoms with Gasteiger partial charge in [0.2, 0.25) is 5.91 Å². The van der Waals surface area contributed by atoms with Crippen LogP contribution in [0.2, 0.25) is 0 Å². The van der Waals surface area contributed by atoms with Gasteiger partial charge in [0.25, 0.3) is 0 Å². The standard InChI is InChI=1S/C17H23N5O2/c1-24-13-9-14(17-20-19-15-10-18-6-7-21(15)17)22(11-13)16(23)8-12-4-2-3-5-12/h6-7,10,12-14H,2-5,8-9,11H2,1H3/t13-,14+/m1/s1. The average molecular weight is 329 g/mol. The summed E-state index contributed by atoms with van der Waals surface area (Å²) in [6.07, 6.45) is 11.6. The van der Waals surface area contributed by atoms with Gasteiger partial charge in [0.05, 0.1) is 18.3 Å². The first-order valence-electron chi connectivity index (χ1n) is 8.73. The van der Waals surface area contributed by atoms with Crippen molar-refractivity contribution in [3.8, 4) is 0 Å². The first-order valence-corrected chi connectivity index (χ1v) is 8.73. The van der Waals surface area contributed by atoms with E-state index in [4.69, 9.17) is 4.74 Å². The molecule has 2 aromatic heterocycles. The van der Waals surface area contributed by atoms with E-state index in [1.54, 1.807) is 19.5 Å². The van der Waals surface area contributed by atoms with Crippen molar-refractivity contribution in [3.05, 3.63) is 24.4 Å². The lowest BCUT2D eigenvalue weighted by atomic mass is 10.0. The van der Waals surface area contributed by atoms with Crippen LogP contribution in [0.5, 0.6) is 0 Å². The van der Waals surface area contributed by atoms with Gasteiger partial charge in [0.1, 0.15) is 0 Å². The maximum absolute atomic E-state index is 12.9. The molecule has 0 N–H and O–H groups in total. The number of nitrogens with zero attached hydrogens (tertiary/aromatic N) is 5. The third-order valence-corrected chi connectivity index (χ3v) is 5.39. The number of methoxy groups -OCH3 is 1. The van der Waals surface area contributed by atoms with Gasteiger partial charge in [-0.3, -0.25) is 14.2 Å². The van der Waals surface area contributed by atoms with E-state index in [1.165, 1.54) is 25.7 Å². The van der Waals surface area contributed by atoms with Crippen molar-refractivity contribution in [3.63, 3.8) is 0 Å². The van der Waals surface area contributed by atoms with Gasteiger partial charge in [0.15, 0.2) is 11.5 Å². The highest BCUT2D eigenvalue weighted by Crippen LogP contribution is 2.35. The summed E-state index contributed by atoms with van der Waals surface area (Å²) in [5, 5.41) is 8.52. The molecule has 2 fully saturated rings. The summed E-state index contributed by atoms with van der Waals surface area (Å²) in [5.41, 5.74) is 0.705. The van der Waals surface area contributed by atoms with E-state index >= 15 is 0 Å². The maximum atomic E-state index is 12.9. The predicted octanol–water partition coefficient (Wildman–Crippen LogP) is 1.99. The molecule has 2 atom stereocenters. The van der Waals surface area contributed by atoms with Gasteiger partial charge < -0.3 is 9.64 Å². The molecule has 2 aromatic rings. The highest BCUT2D eigenvalue weighted by Gasteiger charge is 2.39. The van der Waals surface area contributed by atoms with Crippen LogP contribution in [0.3, 0.4) is 0 Å². The number of amides is 1.